The Morgan fingerprint density at radius 2 is 0.702 bits per heavy atom. The highest BCUT2D eigenvalue weighted by Crippen LogP contribution is 2.52. The SMILES string of the molecule is CC(C)CCCC(C)CCCC(C)CCCC(C)CCOCC(COP1C(O)C(O)C(O)C(O)C1O)OCCC(C)CCCC(C)CCCC(C)CCCC(C)C. The third kappa shape index (κ3) is 26.9. The first-order chi connectivity index (χ1) is 27.0. The van der Waals surface area contributed by atoms with Crippen LogP contribution in [0.1, 0.15) is 198 Å². The summed E-state index contributed by atoms with van der Waals surface area (Å²) in [6.07, 6.45) is 20.3. The fourth-order valence-electron chi connectivity index (χ4n) is 8.29. The Kier molecular flexibility index (Phi) is 31.7. The molecule has 0 aromatic rings. The van der Waals surface area contributed by atoms with Gasteiger partial charge in [0, 0.05) is 13.2 Å². The summed E-state index contributed by atoms with van der Waals surface area (Å²) in [5.41, 5.74) is 0. The van der Waals surface area contributed by atoms with Crippen molar-refractivity contribution in [1.82, 2.24) is 0 Å². The molecular weight excluding hydrogens is 735 g/mol. The Hall–Kier alpha value is 0.110. The summed E-state index contributed by atoms with van der Waals surface area (Å²) in [7, 11) is -2.03. The molecule has 1 rings (SSSR count). The van der Waals surface area contributed by atoms with E-state index in [0.29, 0.717) is 31.7 Å². The molecule has 342 valence electrons. The van der Waals surface area contributed by atoms with Crippen LogP contribution >= 0.6 is 8.15 Å². The van der Waals surface area contributed by atoms with Crippen LogP contribution in [0.15, 0.2) is 0 Å². The van der Waals surface area contributed by atoms with Crippen molar-refractivity contribution in [2.24, 2.45) is 47.3 Å². The van der Waals surface area contributed by atoms with Crippen molar-refractivity contribution in [3.05, 3.63) is 0 Å². The van der Waals surface area contributed by atoms with Crippen LogP contribution in [0.25, 0.3) is 0 Å². The monoisotopic (exact) mass is 833 g/mol. The first-order valence-corrected chi connectivity index (χ1v) is 25.4. The van der Waals surface area contributed by atoms with Crippen LogP contribution in [0.3, 0.4) is 0 Å². The van der Waals surface area contributed by atoms with Crippen LogP contribution in [-0.2, 0) is 14.0 Å². The Morgan fingerprint density at radius 3 is 1.05 bits per heavy atom. The van der Waals surface area contributed by atoms with Gasteiger partial charge in [-0.2, -0.15) is 0 Å². The van der Waals surface area contributed by atoms with Gasteiger partial charge >= 0.3 is 0 Å². The molecule has 5 N–H and O–H groups in total. The van der Waals surface area contributed by atoms with E-state index in [9.17, 15) is 25.5 Å². The summed E-state index contributed by atoms with van der Waals surface area (Å²) < 4.78 is 18.3. The third-order valence-corrected chi connectivity index (χ3v) is 14.9. The van der Waals surface area contributed by atoms with Crippen molar-refractivity contribution >= 4 is 8.15 Å². The molecule has 8 nitrogen and oxygen atoms in total. The fourth-order valence-corrected chi connectivity index (χ4v) is 10.2. The van der Waals surface area contributed by atoms with Gasteiger partial charge in [0.05, 0.1) is 21.4 Å². The van der Waals surface area contributed by atoms with Crippen LogP contribution in [-0.4, -0.2) is 88.1 Å². The van der Waals surface area contributed by atoms with Crippen LogP contribution in [0.2, 0.25) is 0 Å². The summed E-state index contributed by atoms with van der Waals surface area (Å²) in [4.78, 5) is 0. The average molecular weight is 833 g/mol. The quantitative estimate of drug-likeness (QED) is 0.0312. The minimum atomic E-state index is -2.03. The van der Waals surface area contributed by atoms with E-state index < -0.39 is 44.3 Å². The lowest BCUT2D eigenvalue weighted by molar-refractivity contribution is -0.124. The lowest BCUT2D eigenvalue weighted by atomic mass is 9.91. The molecule has 0 aliphatic carbocycles. The maximum Gasteiger partial charge on any atom is 0.129 e. The van der Waals surface area contributed by atoms with E-state index in [0.717, 1.165) is 48.3 Å². The van der Waals surface area contributed by atoms with Gasteiger partial charge in [0.25, 0.3) is 0 Å². The zero-order valence-corrected chi connectivity index (χ0v) is 39.9. The molecule has 9 heteroatoms. The van der Waals surface area contributed by atoms with E-state index in [1.54, 1.807) is 0 Å². The highest BCUT2D eigenvalue weighted by atomic mass is 31.1. The summed E-state index contributed by atoms with van der Waals surface area (Å²) in [5.74, 6) is 3.02. The smallest absolute Gasteiger partial charge is 0.129 e. The average Bonchev–Trinajstić information content (AvgIpc) is 3.14. The molecule has 11 unspecified atom stereocenters. The molecule has 0 saturated carbocycles. The highest BCUT2D eigenvalue weighted by molar-refractivity contribution is 7.53. The molecule has 0 aromatic carbocycles. The molecule has 1 aliphatic heterocycles. The molecule has 1 fully saturated rings. The summed E-state index contributed by atoms with van der Waals surface area (Å²) in [5, 5.41) is 51.5. The Balaban J connectivity index is 2.44. The largest absolute Gasteiger partial charge is 0.387 e. The van der Waals surface area contributed by atoms with Crippen LogP contribution in [0, 0.1) is 47.3 Å². The van der Waals surface area contributed by atoms with Crippen molar-refractivity contribution in [3.63, 3.8) is 0 Å². The minimum absolute atomic E-state index is 0.0573. The third-order valence-electron chi connectivity index (χ3n) is 12.8. The Labute approximate surface area is 354 Å². The standard InChI is InChI=1S/C48H97O8P/c1-35(2)17-11-19-37(5)21-13-23-39(7)25-15-27-41(9)29-31-54-33-43(34-56-57-47(52)45(50)44(49)46(51)48(57)53)55-32-30-42(10)28-16-26-40(8)24-14-22-38(6)20-12-18-36(3)4/h35-53H,11-34H2,1-10H3. The van der Waals surface area contributed by atoms with Gasteiger partial charge in [0.1, 0.15) is 36.1 Å². The molecule has 11 atom stereocenters. The predicted octanol–water partition coefficient (Wildman–Crippen LogP) is 11.5. The Bertz CT molecular complexity index is 909. The van der Waals surface area contributed by atoms with Gasteiger partial charge in [0.2, 0.25) is 0 Å². The van der Waals surface area contributed by atoms with E-state index >= 15 is 0 Å². The number of aliphatic hydroxyl groups excluding tert-OH is 5. The Morgan fingerprint density at radius 1 is 0.386 bits per heavy atom. The number of ether oxygens (including phenoxy) is 2. The molecule has 0 amide bonds. The van der Waals surface area contributed by atoms with Gasteiger partial charge in [-0.3, -0.25) is 0 Å². The van der Waals surface area contributed by atoms with Gasteiger partial charge in [0.15, 0.2) is 0 Å². The van der Waals surface area contributed by atoms with Gasteiger partial charge in [-0.15, -0.1) is 0 Å². The number of hydrogen-bond acceptors (Lipinski definition) is 8. The number of rotatable bonds is 36. The number of hydrogen-bond donors (Lipinski definition) is 5. The fraction of sp³-hybridized carbons (Fsp3) is 1.00. The molecule has 0 bridgehead atoms. The maximum absolute atomic E-state index is 10.5. The normalized spacial score (nSPS) is 25.4. The topological polar surface area (TPSA) is 129 Å². The molecular formula is C48H97O8P. The van der Waals surface area contributed by atoms with Crippen molar-refractivity contribution < 1.29 is 39.5 Å². The first-order valence-electron chi connectivity index (χ1n) is 24.0. The van der Waals surface area contributed by atoms with Crippen molar-refractivity contribution in [1.29, 1.82) is 0 Å². The molecule has 1 saturated heterocycles. The predicted molar refractivity (Wildman–Crippen MR) is 240 cm³/mol. The van der Waals surface area contributed by atoms with E-state index in [1.165, 1.54) is 116 Å². The maximum atomic E-state index is 10.5. The summed E-state index contributed by atoms with van der Waals surface area (Å²) in [6, 6.07) is 0. The molecule has 0 radical (unpaired) electrons. The molecule has 1 heterocycles. The highest BCUT2D eigenvalue weighted by Gasteiger charge is 2.49. The van der Waals surface area contributed by atoms with Crippen LogP contribution in [0.4, 0.5) is 0 Å². The second-order valence-electron chi connectivity index (χ2n) is 20.1. The zero-order valence-electron chi connectivity index (χ0n) is 39.0. The van der Waals surface area contributed by atoms with Crippen molar-refractivity contribution in [2.75, 3.05) is 26.4 Å². The van der Waals surface area contributed by atoms with E-state index in [-0.39, 0.29) is 6.61 Å². The lowest BCUT2D eigenvalue weighted by Crippen LogP contribution is -2.54. The molecule has 0 spiro atoms. The van der Waals surface area contributed by atoms with E-state index in [4.69, 9.17) is 14.0 Å². The van der Waals surface area contributed by atoms with Crippen LogP contribution < -0.4 is 0 Å². The lowest BCUT2D eigenvalue weighted by Gasteiger charge is -2.41. The molecule has 0 aromatic heterocycles. The molecule has 57 heavy (non-hydrogen) atoms. The van der Waals surface area contributed by atoms with E-state index in [2.05, 4.69) is 69.2 Å². The minimum Gasteiger partial charge on any atom is -0.387 e. The van der Waals surface area contributed by atoms with Crippen molar-refractivity contribution in [3.8, 4) is 0 Å². The van der Waals surface area contributed by atoms with Crippen LogP contribution in [0.5, 0.6) is 0 Å². The summed E-state index contributed by atoms with van der Waals surface area (Å²) in [6.45, 7) is 25.1. The van der Waals surface area contributed by atoms with Crippen molar-refractivity contribution in [2.45, 2.75) is 234 Å². The molecule has 1 aliphatic rings. The second-order valence-corrected chi connectivity index (χ2v) is 22.1. The number of aliphatic hydroxyl groups is 5. The first kappa shape index (κ1) is 55.1. The van der Waals surface area contributed by atoms with Gasteiger partial charge < -0.3 is 39.5 Å². The van der Waals surface area contributed by atoms with E-state index in [1.807, 2.05) is 0 Å². The van der Waals surface area contributed by atoms with Gasteiger partial charge in [-0.05, 0) is 60.2 Å². The van der Waals surface area contributed by atoms with Gasteiger partial charge in [-0.25, -0.2) is 0 Å². The van der Waals surface area contributed by atoms with Gasteiger partial charge in [-0.1, -0.05) is 185 Å². The second kappa shape index (κ2) is 32.8. The zero-order chi connectivity index (χ0) is 42.8. The summed E-state index contributed by atoms with van der Waals surface area (Å²) >= 11 is 0.